The zero-order valence-electron chi connectivity index (χ0n) is 16.9. The smallest absolute Gasteiger partial charge is 0.208 e. The minimum absolute atomic E-state index is 0.00764. The number of ether oxygens (including phenoxy) is 3. The number of ketones is 1. The van der Waals surface area contributed by atoms with Crippen LogP contribution in [-0.2, 0) is 20.7 Å². The summed E-state index contributed by atoms with van der Waals surface area (Å²) < 4.78 is 31.8. The average Bonchev–Trinajstić information content (AvgIpc) is 3.40. The second-order valence-corrected chi connectivity index (χ2v) is 7.62. The third kappa shape index (κ3) is 3.39. The van der Waals surface area contributed by atoms with E-state index in [1.54, 1.807) is 12.1 Å². The molecule has 30 heavy (non-hydrogen) atoms. The Morgan fingerprint density at radius 2 is 2.33 bits per heavy atom. The molecule has 9 heteroatoms. The van der Waals surface area contributed by atoms with E-state index in [9.17, 15) is 9.18 Å². The molecule has 2 aromatic rings. The fraction of sp³-hybridized carbons (Fsp3) is 0.429. The zero-order valence-corrected chi connectivity index (χ0v) is 16.9. The molecule has 0 bridgehead atoms. The summed E-state index contributed by atoms with van der Waals surface area (Å²) in [6, 6.07) is 2.99. The Kier molecular flexibility index (Phi) is 5.38. The van der Waals surface area contributed by atoms with Crippen molar-refractivity contribution in [3.63, 3.8) is 0 Å². The van der Waals surface area contributed by atoms with Gasteiger partial charge in [0.2, 0.25) is 5.82 Å². The number of tetrazole rings is 1. The molecule has 1 saturated heterocycles. The third-order valence-electron chi connectivity index (χ3n) is 5.90. The van der Waals surface area contributed by atoms with E-state index >= 15 is 0 Å². The highest BCUT2D eigenvalue weighted by Crippen LogP contribution is 2.46. The number of hydrogen-bond acceptors (Lipinski definition) is 7. The van der Waals surface area contributed by atoms with Crippen molar-refractivity contribution in [2.45, 2.75) is 31.8 Å². The number of aromatic nitrogens is 4. The van der Waals surface area contributed by atoms with E-state index < -0.39 is 11.4 Å². The Morgan fingerprint density at radius 1 is 1.50 bits per heavy atom. The lowest BCUT2D eigenvalue weighted by molar-refractivity contribution is -0.123. The zero-order chi connectivity index (χ0) is 21.3. The van der Waals surface area contributed by atoms with E-state index in [0.29, 0.717) is 47.7 Å². The molecule has 1 aliphatic carbocycles. The summed E-state index contributed by atoms with van der Waals surface area (Å²) in [6.07, 6.45) is 4.64. The van der Waals surface area contributed by atoms with Crippen molar-refractivity contribution in [2.75, 3.05) is 13.9 Å². The molecule has 158 valence electrons. The van der Waals surface area contributed by atoms with Crippen LogP contribution in [0.5, 0.6) is 5.75 Å². The van der Waals surface area contributed by atoms with Crippen molar-refractivity contribution in [3.8, 4) is 17.1 Å². The van der Waals surface area contributed by atoms with Crippen molar-refractivity contribution in [3.05, 3.63) is 48.0 Å². The molecule has 0 unspecified atom stereocenters. The maximum absolute atomic E-state index is 14.9. The number of nitrogens with one attached hydrogen (secondary N) is 1. The topological polar surface area (TPSA) is 99.2 Å². The van der Waals surface area contributed by atoms with Crippen LogP contribution >= 0.6 is 0 Å². The van der Waals surface area contributed by atoms with E-state index in [1.165, 1.54) is 19.3 Å². The number of benzene rings is 1. The van der Waals surface area contributed by atoms with Gasteiger partial charge in [0.25, 0.3) is 0 Å². The molecule has 1 aliphatic heterocycles. The number of carbonyl (C=O) groups is 1. The molecule has 0 amide bonds. The van der Waals surface area contributed by atoms with Gasteiger partial charge in [-0.15, -0.1) is 16.8 Å². The van der Waals surface area contributed by atoms with E-state index in [2.05, 4.69) is 27.2 Å². The van der Waals surface area contributed by atoms with E-state index in [-0.39, 0.29) is 24.4 Å². The van der Waals surface area contributed by atoms with E-state index in [1.807, 2.05) is 6.92 Å². The predicted octanol–water partition coefficient (Wildman–Crippen LogP) is 2.99. The van der Waals surface area contributed by atoms with Gasteiger partial charge in [-0.05, 0) is 42.0 Å². The predicted molar refractivity (Wildman–Crippen MR) is 105 cm³/mol. The summed E-state index contributed by atoms with van der Waals surface area (Å²) in [7, 11) is 1.46. The number of allylic oxidation sites excluding steroid dienone is 2. The van der Waals surface area contributed by atoms with Crippen molar-refractivity contribution in [2.24, 2.45) is 11.8 Å². The normalized spacial score (nSPS) is 24.0. The molecule has 4 rings (SSSR count). The van der Waals surface area contributed by atoms with Crippen LogP contribution < -0.4 is 4.74 Å². The van der Waals surface area contributed by atoms with Gasteiger partial charge in [0.1, 0.15) is 22.9 Å². The molecule has 1 aromatic carbocycles. The highest BCUT2D eigenvalue weighted by Gasteiger charge is 2.51. The van der Waals surface area contributed by atoms with Gasteiger partial charge in [0, 0.05) is 18.1 Å². The van der Waals surface area contributed by atoms with Gasteiger partial charge in [-0.25, -0.2) is 4.39 Å². The number of nitrogens with zero attached hydrogens (tertiary/aromatic N) is 3. The number of rotatable bonds is 7. The second kappa shape index (κ2) is 7.98. The molecule has 1 N–H and O–H groups in total. The number of hydrogen-bond donors (Lipinski definition) is 1. The van der Waals surface area contributed by atoms with Crippen molar-refractivity contribution in [1.82, 2.24) is 20.6 Å². The SMILES string of the molecule is C=CC[C@H]1C[C@]2([C@@H](C)Cc3cc(-c4nn[nH]n4)c(OC)cc3F)OCOC2=CC1=O. The lowest BCUT2D eigenvalue weighted by Crippen LogP contribution is -2.45. The Labute approximate surface area is 173 Å². The van der Waals surface area contributed by atoms with E-state index in [4.69, 9.17) is 14.2 Å². The largest absolute Gasteiger partial charge is 0.496 e. The average molecular weight is 414 g/mol. The molecule has 0 radical (unpaired) electrons. The highest BCUT2D eigenvalue weighted by atomic mass is 19.1. The van der Waals surface area contributed by atoms with Crippen LogP contribution in [0.3, 0.4) is 0 Å². The first-order chi connectivity index (χ1) is 14.5. The first-order valence-electron chi connectivity index (χ1n) is 9.72. The van der Waals surface area contributed by atoms with Crippen LogP contribution in [0.2, 0.25) is 0 Å². The van der Waals surface area contributed by atoms with Gasteiger partial charge in [0.05, 0.1) is 12.7 Å². The summed E-state index contributed by atoms with van der Waals surface area (Å²) in [4.78, 5) is 12.4. The molecule has 1 aromatic heterocycles. The molecular weight excluding hydrogens is 391 g/mol. The summed E-state index contributed by atoms with van der Waals surface area (Å²) in [5.41, 5.74) is 0.222. The standard InChI is InChI=1S/C21H23FN4O4/c1-4-5-13-10-21(19(9-17(13)27)29-11-30-21)12(2)6-14-7-15(20-23-25-26-24-20)18(28-3)8-16(14)22/h4,7-9,12-13H,1,5-6,10-11H2,2-3H3,(H,23,24,25,26)/t12-,13-,21+/m0/s1. The van der Waals surface area contributed by atoms with Gasteiger partial charge in [0.15, 0.2) is 12.6 Å². The minimum atomic E-state index is -0.778. The molecule has 0 spiro atoms. The molecule has 1 fully saturated rings. The number of H-pyrrole nitrogens is 1. The second-order valence-electron chi connectivity index (χ2n) is 7.62. The monoisotopic (exact) mass is 414 g/mol. The lowest BCUT2D eigenvalue weighted by atomic mass is 9.71. The number of aromatic amines is 1. The Hall–Kier alpha value is -3.07. The Bertz CT molecular complexity index is 991. The fourth-order valence-electron chi connectivity index (χ4n) is 4.29. The molecule has 2 heterocycles. The lowest BCUT2D eigenvalue weighted by Gasteiger charge is -2.38. The first-order valence-corrected chi connectivity index (χ1v) is 9.72. The van der Waals surface area contributed by atoms with Crippen LogP contribution in [-0.4, -0.2) is 45.9 Å². The van der Waals surface area contributed by atoms with Gasteiger partial charge in [-0.3, -0.25) is 4.79 Å². The number of methoxy groups -OCH3 is 1. The van der Waals surface area contributed by atoms with Gasteiger partial charge in [-0.1, -0.05) is 13.0 Å². The molecule has 0 saturated carbocycles. The summed E-state index contributed by atoms with van der Waals surface area (Å²) >= 11 is 0. The van der Waals surface area contributed by atoms with Crippen LogP contribution in [0.25, 0.3) is 11.4 Å². The summed E-state index contributed by atoms with van der Waals surface area (Å²) in [5.74, 6) is 0.369. The van der Waals surface area contributed by atoms with Crippen molar-refractivity contribution in [1.29, 1.82) is 0 Å². The first kappa shape index (κ1) is 20.2. The summed E-state index contributed by atoms with van der Waals surface area (Å²) in [5, 5.41) is 13.9. The fourth-order valence-corrected chi connectivity index (χ4v) is 4.29. The Morgan fingerprint density at radius 3 is 3.03 bits per heavy atom. The number of carbonyl (C=O) groups excluding carboxylic acids is 1. The highest BCUT2D eigenvalue weighted by molar-refractivity contribution is 5.93. The van der Waals surface area contributed by atoms with Crippen molar-refractivity contribution >= 4 is 5.78 Å². The van der Waals surface area contributed by atoms with Gasteiger partial charge in [-0.2, -0.15) is 5.21 Å². The maximum atomic E-state index is 14.9. The van der Waals surface area contributed by atoms with Crippen LogP contribution in [0.15, 0.2) is 36.6 Å². The molecular formula is C21H23FN4O4. The molecule has 2 aliphatic rings. The minimum Gasteiger partial charge on any atom is -0.496 e. The van der Waals surface area contributed by atoms with Gasteiger partial charge < -0.3 is 14.2 Å². The maximum Gasteiger partial charge on any atom is 0.208 e. The number of halogens is 1. The summed E-state index contributed by atoms with van der Waals surface area (Å²) in [6.45, 7) is 5.79. The number of fused-ring (bicyclic) bond motifs is 1. The van der Waals surface area contributed by atoms with Crippen molar-refractivity contribution < 1.29 is 23.4 Å². The van der Waals surface area contributed by atoms with E-state index in [0.717, 1.165) is 0 Å². The van der Waals surface area contributed by atoms with Crippen LogP contribution in [0, 0.1) is 17.7 Å². The third-order valence-corrected chi connectivity index (χ3v) is 5.90. The molecule has 3 atom stereocenters. The van der Waals surface area contributed by atoms with Crippen LogP contribution in [0.1, 0.15) is 25.3 Å². The quantitative estimate of drug-likeness (QED) is 0.695. The van der Waals surface area contributed by atoms with Gasteiger partial charge >= 0.3 is 0 Å². The Balaban J connectivity index is 1.67. The molecule has 8 nitrogen and oxygen atoms in total. The van der Waals surface area contributed by atoms with Crippen LogP contribution in [0.4, 0.5) is 4.39 Å².